The van der Waals surface area contributed by atoms with Crippen LogP contribution in [0.15, 0.2) is 6.33 Å². The molecule has 1 aromatic rings. The zero-order valence-corrected chi connectivity index (χ0v) is 11.2. The molecular formula is C13H24N4. The average molecular weight is 236 g/mol. The van der Waals surface area contributed by atoms with E-state index in [-0.39, 0.29) is 5.54 Å². The first-order chi connectivity index (χ1) is 8.04. The van der Waals surface area contributed by atoms with Gasteiger partial charge in [-0.25, -0.2) is 4.98 Å². The van der Waals surface area contributed by atoms with Crippen LogP contribution >= 0.6 is 0 Å². The molecule has 0 amide bonds. The fourth-order valence-corrected chi connectivity index (χ4v) is 2.91. The lowest BCUT2D eigenvalue weighted by Gasteiger charge is -2.40. The maximum absolute atomic E-state index is 6.55. The van der Waals surface area contributed by atoms with Gasteiger partial charge in [0.2, 0.25) is 0 Å². The first-order valence-electron chi connectivity index (χ1n) is 6.69. The molecule has 0 radical (unpaired) electrons. The van der Waals surface area contributed by atoms with E-state index in [1.807, 2.05) is 4.68 Å². The molecule has 17 heavy (non-hydrogen) atoms. The van der Waals surface area contributed by atoms with Crippen molar-refractivity contribution in [2.45, 2.75) is 58.5 Å². The summed E-state index contributed by atoms with van der Waals surface area (Å²) >= 11 is 0. The Labute approximate surface area is 104 Å². The molecule has 1 saturated carbocycles. The van der Waals surface area contributed by atoms with Crippen molar-refractivity contribution in [2.75, 3.05) is 0 Å². The zero-order valence-electron chi connectivity index (χ0n) is 11.2. The van der Waals surface area contributed by atoms with E-state index in [4.69, 9.17) is 5.73 Å². The van der Waals surface area contributed by atoms with Crippen LogP contribution in [-0.4, -0.2) is 20.3 Å². The van der Waals surface area contributed by atoms with Crippen molar-refractivity contribution >= 4 is 0 Å². The molecule has 3 atom stereocenters. The van der Waals surface area contributed by atoms with E-state index >= 15 is 0 Å². The van der Waals surface area contributed by atoms with Gasteiger partial charge in [-0.3, -0.25) is 4.68 Å². The number of aryl methyl sites for hydroxylation is 1. The third-order valence-corrected chi connectivity index (χ3v) is 4.30. The monoisotopic (exact) mass is 236 g/mol. The summed E-state index contributed by atoms with van der Waals surface area (Å²) in [5.74, 6) is 2.55. The minimum atomic E-state index is -0.0775. The number of aromatic nitrogens is 3. The predicted octanol–water partition coefficient (Wildman–Crippen LogP) is 1.99. The van der Waals surface area contributed by atoms with Crippen LogP contribution in [0.1, 0.15) is 45.9 Å². The number of rotatable bonds is 3. The highest BCUT2D eigenvalue weighted by Crippen LogP contribution is 2.36. The maximum atomic E-state index is 6.55. The lowest BCUT2D eigenvalue weighted by atomic mass is 9.70. The molecule has 0 bridgehead atoms. The minimum absolute atomic E-state index is 0.0775. The molecular weight excluding hydrogens is 212 g/mol. The van der Waals surface area contributed by atoms with Crippen molar-refractivity contribution < 1.29 is 0 Å². The molecule has 1 heterocycles. The Kier molecular flexibility index (Phi) is 3.52. The number of hydrogen-bond acceptors (Lipinski definition) is 3. The van der Waals surface area contributed by atoms with Gasteiger partial charge in [-0.1, -0.05) is 13.8 Å². The SMILES string of the molecule is CCn1ncnc1CC1(N)CCC(C)C(C)C1. The van der Waals surface area contributed by atoms with Crippen molar-refractivity contribution in [3.05, 3.63) is 12.2 Å². The molecule has 96 valence electrons. The van der Waals surface area contributed by atoms with Crippen LogP contribution in [0.2, 0.25) is 0 Å². The molecule has 0 aromatic carbocycles. The number of nitrogens with two attached hydrogens (primary N) is 1. The Bertz CT molecular complexity index is 373. The summed E-state index contributed by atoms with van der Waals surface area (Å²) in [4.78, 5) is 4.34. The van der Waals surface area contributed by atoms with Gasteiger partial charge in [0.05, 0.1) is 0 Å². The summed E-state index contributed by atoms with van der Waals surface area (Å²) in [5.41, 5.74) is 6.47. The summed E-state index contributed by atoms with van der Waals surface area (Å²) < 4.78 is 1.96. The second-order valence-corrected chi connectivity index (χ2v) is 5.73. The van der Waals surface area contributed by atoms with E-state index in [0.717, 1.165) is 37.5 Å². The highest BCUT2D eigenvalue weighted by molar-refractivity contribution is 5.00. The standard InChI is InChI=1S/C13H24N4/c1-4-17-12(15-9-16-17)8-13(14)6-5-10(2)11(3)7-13/h9-11H,4-8,14H2,1-3H3. The maximum Gasteiger partial charge on any atom is 0.138 e. The third kappa shape index (κ3) is 2.68. The van der Waals surface area contributed by atoms with Gasteiger partial charge in [0.1, 0.15) is 12.2 Å². The fraction of sp³-hybridized carbons (Fsp3) is 0.846. The molecule has 1 fully saturated rings. The van der Waals surface area contributed by atoms with Gasteiger partial charge in [-0.2, -0.15) is 5.10 Å². The summed E-state index contributed by atoms with van der Waals surface area (Å²) in [6.07, 6.45) is 5.94. The van der Waals surface area contributed by atoms with E-state index in [9.17, 15) is 0 Å². The highest BCUT2D eigenvalue weighted by atomic mass is 15.3. The smallest absolute Gasteiger partial charge is 0.138 e. The second-order valence-electron chi connectivity index (χ2n) is 5.73. The molecule has 1 aliphatic rings. The summed E-state index contributed by atoms with van der Waals surface area (Å²) in [5, 5.41) is 4.22. The Morgan fingerprint density at radius 2 is 2.24 bits per heavy atom. The van der Waals surface area contributed by atoms with Crippen LogP contribution in [0.25, 0.3) is 0 Å². The quantitative estimate of drug-likeness (QED) is 0.873. The second kappa shape index (κ2) is 4.77. The van der Waals surface area contributed by atoms with Crippen LogP contribution in [-0.2, 0) is 13.0 Å². The van der Waals surface area contributed by atoms with Gasteiger partial charge in [-0.05, 0) is 38.0 Å². The molecule has 3 unspecified atom stereocenters. The Morgan fingerprint density at radius 3 is 2.88 bits per heavy atom. The van der Waals surface area contributed by atoms with E-state index in [1.54, 1.807) is 6.33 Å². The summed E-state index contributed by atoms with van der Waals surface area (Å²) in [7, 11) is 0. The van der Waals surface area contributed by atoms with E-state index in [1.165, 1.54) is 6.42 Å². The molecule has 4 heteroatoms. The number of nitrogens with zero attached hydrogens (tertiary/aromatic N) is 3. The van der Waals surface area contributed by atoms with Crippen LogP contribution in [0, 0.1) is 11.8 Å². The minimum Gasteiger partial charge on any atom is -0.325 e. The van der Waals surface area contributed by atoms with Gasteiger partial charge in [0, 0.05) is 18.5 Å². The highest BCUT2D eigenvalue weighted by Gasteiger charge is 2.35. The van der Waals surface area contributed by atoms with E-state index < -0.39 is 0 Å². The van der Waals surface area contributed by atoms with Gasteiger partial charge < -0.3 is 5.73 Å². The van der Waals surface area contributed by atoms with E-state index in [2.05, 4.69) is 30.9 Å². The van der Waals surface area contributed by atoms with Gasteiger partial charge in [-0.15, -0.1) is 0 Å². The molecule has 1 aliphatic carbocycles. The molecule has 0 saturated heterocycles. The molecule has 2 N–H and O–H groups in total. The van der Waals surface area contributed by atoms with E-state index in [0.29, 0.717) is 5.92 Å². The van der Waals surface area contributed by atoms with Crippen LogP contribution < -0.4 is 5.73 Å². The van der Waals surface area contributed by atoms with Gasteiger partial charge in [0.15, 0.2) is 0 Å². The van der Waals surface area contributed by atoms with Gasteiger partial charge in [0.25, 0.3) is 0 Å². The summed E-state index contributed by atoms with van der Waals surface area (Å²) in [6, 6.07) is 0. The first-order valence-corrected chi connectivity index (χ1v) is 6.69. The lowest BCUT2D eigenvalue weighted by Crippen LogP contribution is -2.48. The Balaban J connectivity index is 2.07. The molecule has 4 nitrogen and oxygen atoms in total. The molecule has 1 aromatic heterocycles. The Hall–Kier alpha value is -0.900. The topological polar surface area (TPSA) is 56.7 Å². The van der Waals surface area contributed by atoms with Crippen molar-refractivity contribution in [1.29, 1.82) is 0 Å². The average Bonchev–Trinajstić information content (AvgIpc) is 2.71. The van der Waals surface area contributed by atoms with Gasteiger partial charge >= 0.3 is 0 Å². The molecule has 0 aliphatic heterocycles. The number of hydrogen-bond donors (Lipinski definition) is 1. The Morgan fingerprint density at radius 1 is 1.47 bits per heavy atom. The van der Waals surface area contributed by atoms with Crippen LogP contribution in [0.4, 0.5) is 0 Å². The molecule has 2 rings (SSSR count). The fourth-order valence-electron chi connectivity index (χ4n) is 2.91. The molecule has 0 spiro atoms. The zero-order chi connectivity index (χ0) is 12.5. The van der Waals surface area contributed by atoms with Crippen molar-refractivity contribution in [1.82, 2.24) is 14.8 Å². The lowest BCUT2D eigenvalue weighted by molar-refractivity contribution is 0.172. The van der Waals surface area contributed by atoms with Crippen molar-refractivity contribution in [2.24, 2.45) is 17.6 Å². The van der Waals surface area contributed by atoms with Crippen molar-refractivity contribution in [3.8, 4) is 0 Å². The van der Waals surface area contributed by atoms with Crippen LogP contribution in [0.3, 0.4) is 0 Å². The van der Waals surface area contributed by atoms with Crippen LogP contribution in [0.5, 0.6) is 0 Å². The normalized spacial score (nSPS) is 33.9. The largest absolute Gasteiger partial charge is 0.325 e. The third-order valence-electron chi connectivity index (χ3n) is 4.30. The summed E-state index contributed by atoms with van der Waals surface area (Å²) in [6.45, 7) is 7.61. The van der Waals surface area contributed by atoms with Crippen molar-refractivity contribution in [3.63, 3.8) is 0 Å². The predicted molar refractivity (Wildman–Crippen MR) is 68.5 cm³/mol. The first kappa shape index (κ1) is 12.6.